The average Bonchev–Trinajstić information content (AvgIpc) is 3.07. The van der Waals surface area contributed by atoms with E-state index < -0.39 is 10.0 Å². The van der Waals surface area contributed by atoms with Crippen molar-refractivity contribution in [3.8, 4) is 0 Å². The molecular formula is C21H24N4O5S. The first-order chi connectivity index (χ1) is 14.7. The second-order valence-corrected chi connectivity index (χ2v) is 9.55. The second kappa shape index (κ2) is 7.93. The van der Waals surface area contributed by atoms with Gasteiger partial charge in [0.1, 0.15) is 17.1 Å². The number of carbonyl (C=O) groups excluding carboxylic acids is 2. The number of nitrogens with zero attached hydrogens (tertiary/aromatic N) is 4. The molecule has 10 heteroatoms. The molecule has 164 valence electrons. The van der Waals surface area contributed by atoms with Crippen molar-refractivity contribution < 1.29 is 22.5 Å². The van der Waals surface area contributed by atoms with Gasteiger partial charge in [0, 0.05) is 43.0 Å². The molecule has 3 heterocycles. The lowest BCUT2D eigenvalue weighted by Crippen LogP contribution is -2.42. The lowest BCUT2D eigenvalue weighted by molar-refractivity contribution is -0.131. The van der Waals surface area contributed by atoms with Crippen LogP contribution in [0.1, 0.15) is 33.8 Å². The molecule has 2 aliphatic heterocycles. The van der Waals surface area contributed by atoms with Crippen molar-refractivity contribution >= 4 is 27.5 Å². The molecular weight excluding hydrogens is 420 g/mol. The summed E-state index contributed by atoms with van der Waals surface area (Å²) < 4.78 is 32.5. The molecule has 0 atom stereocenters. The van der Waals surface area contributed by atoms with E-state index in [0.717, 1.165) is 5.56 Å². The van der Waals surface area contributed by atoms with Crippen LogP contribution in [0, 0.1) is 13.8 Å². The number of hydrogen-bond acceptors (Lipinski definition) is 6. The number of aryl methyl sites for hydroxylation is 2. The zero-order valence-electron chi connectivity index (χ0n) is 17.5. The fraction of sp³-hybridized carbons (Fsp3) is 0.381. The highest BCUT2D eigenvalue weighted by Gasteiger charge is 2.35. The van der Waals surface area contributed by atoms with Crippen LogP contribution >= 0.6 is 0 Å². The molecule has 2 amide bonds. The lowest BCUT2D eigenvalue weighted by Gasteiger charge is -2.25. The zero-order valence-corrected chi connectivity index (χ0v) is 18.3. The van der Waals surface area contributed by atoms with E-state index in [1.165, 1.54) is 9.21 Å². The molecule has 0 spiro atoms. The fourth-order valence-corrected chi connectivity index (χ4v) is 5.85. The molecule has 2 aliphatic rings. The Morgan fingerprint density at radius 2 is 1.84 bits per heavy atom. The molecule has 1 aromatic heterocycles. The van der Waals surface area contributed by atoms with Crippen LogP contribution in [0.15, 0.2) is 40.3 Å². The first kappa shape index (κ1) is 21.3. The first-order valence-electron chi connectivity index (χ1n) is 10.0. The van der Waals surface area contributed by atoms with Crippen LogP contribution < -0.4 is 0 Å². The summed E-state index contributed by atoms with van der Waals surface area (Å²) >= 11 is 0. The van der Waals surface area contributed by atoms with Crippen LogP contribution in [-0.2, 0) is 14.8 Å². The largest absolute Gasteiger partial charge is 0.360 e. The normalized spacial score (nSPS) is 17.7. The van der Waals surface area contributed by atoms with E-state index in [9.17, 15) is 18.0 Å². The van der Waals surface area contributed by atoms with Crippen molar-refractivity contribution in [1.29, 1.82) is 0 Å². The molecule has 0 bridgehead atoms. The maximum absolute atomic E-state index is 13.1. The van der Waals surface area contributed by atoms with E-state index in [1.807, 2.05) is 12.1 Å². The molecule has 1 fully saturated rings. The highest BCUT2D eigenvalue weighted by atomic mass is 32.2. The van der Waals surface area contributed by atoms with Gasteiger partial charge in [-0.05, 0) is 26.3 Å². The maximum Gasteiger partial charge on any atom is 0.259 e. The number of hydrogen-bond donors (Lipinski definition) is 0. The van der Waals surface area contributed by atoms with Crippen molar-refractivity contribution in [3.05, 3.63) is 53.4 Å². The Morgan fingerprint density at radius 3 is 2.48 bits per heavy atom. The minimum atomic E-state index is -3.77. The molecule has 0 saturated carbocycles. The van der Waals surface area contributed by atoms with Crippen molar-refractivity contribution in [2.45, 2.75) is 25.2 Å². The Balaban J connectivity index is 1.44. The smallest absolute Gasteiger partial charge is 0.259 e. The Labute approximate surface area is 180 Å². The van der Waals surface area contributed by atoms with E-state index in [2.05, 4.69) is 11.7 Å². The lowest BCUT2D eigenvalue weighted by atomic mass is 10.1. The maximum atomic E-state index is 13.1. The molecule has 4 rings (SSSR count). The number of amides is 2. The van der Waals surface area contributed by atoms with Gasteiger partial charge < -0.3 is 9.42 Å². The van der Waals surface area contributed by atoms with E-state index in [0.29, 0.717) is 29.9 Å². The molecule has 9 nitrogen and oxygen atoms in total. The fourth-order valence-electron chi connectivity index (χ4n) is 4.09. The van der Waals surface area contributed by atoms with Crippen LogP contribution in [0.3, 0.4) is 0 Å². The molecule has 0 radical (unpaired) electrons. The van der Waals surface area contributed by atoms with E-state index in [4.69, 9.17) is 4.52 Å². The summed E-state index contributed by atoms with van der Waals surface area (Å²) in [7, 11) is -3.77. The quantitative estimate of drug-likeness (QED) is 0.710. The summed E-state index contributed by atoms with van der Waals surface area (Å²) in [5, 5.41) is 3.74. The van der Waals surface area contributed by atoms with Crippen LogP contribution in [0.4, 0.5) is 0 Å². The number of aromatic nitrogens is 1. The summed E-state index contributed by atoms with van der Waals surface area (Å²) in [6, 6.07) is 7.13. The zero-order chi connectivity index (χ0) is 22.3. The van der Waals surface area contributed by atoms with Crippen molar-refractivity contribution in [2.75, 3.05) is 32.7 Å². The van der Waals surface area contributed by atoms with E-state index >= 15 is 0 Å². The first-order valence-corrected chi connectivity index (χ1v) is 11.5. The topological polar surface area (TPSA) is 104 Å². The average molecular weight is 445 g/mol. The van der Waals surface area contributed by atoms with Crippen molar-refractivity contribution in [1.82, 2.24) is 19.3 Å². The number of benzene rings is 1. The van der Waals surface area contributed by atoms with Gasteiger partial charge in [0.25, 0.3) is 5.91 Å². The second-order valence-electron chi connectivity index (χ2n) is 7.68. The number of carbonyl (C=O) groups is 2. The molecule has 0 unspecified atom stereocenters. The van der Waals surface area contributed by atoms with Crippen molar-refractivity contribution in [3.63, 3.8) is 0 Å². The predicted octanol–water partition coefficient (Wildman–Crippen LogP) is 1.64. The van der Waals surface area contributed by atoms with Gasteiger partial charge in [0.05, 0.1) is 0 Å². The monoisotopic (exact) mass is 444 g/mol. The third-order valence-electron chi connectivity index (χ3n) is 5.71. The Bertz CT molecular complexity index is 1120. The van der Waals surface area contributed by atoms with Gasteiger partial charge in [-0.25, -0.2) is 8.42 Å². The molecule has 0 aliphatic carbocycles. The van der Waals surface area contributed by atoms with Crippen LogP contribution in [0.2, 0.25) is 0 Å². The van der Waals surface area contributed by atoms with Crippen molar-refractivity contribution in [2.24, 2.45) is 0 Å². The van der Waals surface area contributed by atoms with Gasteiger partial charge in [-0.3, -0.25) is 14.5 Å². The Morgan fingerprint density at radius 1 is 1.13 bits per heavy atom. The van der Waals surface area contributed by atoms with Gasteiger partial charge in [0.15, 0.2) is 5.76 Å². The van der Waals surface area contributed by atoms with Gasteiger partial charge in [-0.1, -0.05) is 29.9 Å². The SMILES string of the molecule is C=C1c2ccccc2C(=O)N1CC(=O)N1CCCN(S(=O)(=O)c2c(C)noc2C)CC1. The highest BCUT2D eigenvalue weighted by molar-refractivity contribution is 7.89. The Hall–Kier alpha value is -2.98. The molecule has 0 N–H and O–H groups in total. The van der Waals surface area contributed by atoms with E-state index in [1.54, 1.807) is 30.9 Å². The van der Waals surface area contributed by atoms with Crippen LogP contribution in [-0.4, -0.2) is 72.2 Å². The Kier molecular flexibility index (Phi) is 5.44. The number of sulfonamides is 1. The van der Waals surface area contributed by atoms with Crippen LogP contribution in [0.5, 0.6) is 0 Å². The third kappa shape index (κ3) is 3.66. The number of fused-ring (bicyclic) bond motifs is 1. The predicted molar refractivity (Wildman–Crippen MR) is 112 cm³/mol. The van der Waals surface area contributed by atoms with Gasteiger partial charge in [0.2, 0.25) is 15.9 Å². The molecule has 1 saturated heterocycles. The standard InChI is InChI=1S/C21H24N4O5S/c1-14-20(16(3)30-22-14)31(28,29)24-10-6-9-23(11-12-24)19(26)13-25-15(2)17-7-4-5-8-18(17)21(25)27/h4-5,7-8H,2,6,9-13H2,1,3H3. The number of rotatable bonds is 4. The molecule has 1 aromatic carbocycles. The van der Waals surface area contributed by atoms with Gasteiger partial charge in [-0.2, -0.15) is 4.31 Å². The third-order valence-corrected chi connectivity index (χ3v) is 7.85. The minimum Gasteiger partial charge on any atom is -0.360 e. The van der Waals surface area contributed by atoms with Gasteiger partial charge >= 0.3 is 0 Å². The van der Waals surface area contributed by atoms with Crippen LogP contribution in [0.25, 0.3) is 5.70 Å². The highest BCUT2D eigenvalue weighted by Crippen LogP contribution is 2.31. The minimum absolute atomic E-state index is 0.0870. The molecule has 31 heavy (non-hydrogen) atoms. The summed E-state index contributed by atoms with van der Waals surface area (Å²) in [5.74, 6) is -0.231. The summed E-state index contributed by atoms with van der Waals surface area (Å²) in [5.41, 5.74) is 2.09. The summed E-state index contributed by atoms with van der Waals surface area (Å²) in [4.78, 5) is 28.7. The van der Waals surface area contributed by atoms with Gasteiger partial charge in [-0.15, -0.1) is 0 Å². The summed E-state index contributed by atoms with van der Waals surface area (Å²) in [6.07, 6.45) is 0.490. The van der Waals surface area contributed by atoms with E-state index in [-0.39, 0.29) is 48.6 Å². The summed E-state index contributed by atoms with van der Waals surface area (Å²) in [6.45, 7) is 8.10. The molecule has 2 aromatic rings.